The van der Waals surface area contributed by atoms with Crippen LogP contribution in [-0.4, -0.2) is 14.6 Å². The van der Waals surface area contributed by atoms with Crippen molar-refractivity contribution < 1.29 is 4.39 Å². The second-order valence-electron chi connectivity index (χ2n) is 4.61. The molecule has 1 aromatic carbocycles. The average Bonchev–Trinajstić information content (AvgIpc) is 2.90. The van der Waals surface area contributed by atoms with Gasteiger partial charge in [0, 0.05) is 11.1 Å². The molecule has 0 fully saturated rings. The first-order chi connectivity index (χ1) is 10.6. The van der Waals surface area contributed by atoms with Gasteiger partial charge in [-0.2, -0.15) is 9.61 Å². The van der Waals surface area contributed by atoms with E-state index in [1.165, 1.54) is 28.0 Å². The number of aromatic nitrogens is 3. The van der Waals surface area contributed by atoms with Crippen LogP contribution < -0.4 is 10.9 Å². The van der Waals surface area contributed by atoms with Crippen molar-refractivity contribution in [3.8, 4) is 0 Å². The minimum Gasteiger partial charge on any atom is -0.377 e. The minimum atomic E-state index is -0.448. The normalized spacial score (nSPS) is 11.0. The summed E-state index contributed by atoms with van der Waals surface area (Å²) in [5.74, 6) is -0.448. The molecule has 2 aromatic heterocycles. The Kier molecular flexibility index (Phi) is 4.08. The quantitative estimate of drug-likeness (QED) is 0.794. The fraction of sp³-hybridized carbons (Fsp3) is 0.214. The molecule has 5 nitrogen and oxygen atoms in total. The van der Waals surface area contributed by atoms with E-state index in [-0.39, 0.29) is 12.1 Å². The summed E-state index contributed by atoms with van der Waals surface area (Å²) in [7, 11) is 0. The first-order valence-corrected chi connectivity index (χ1v) is 7.84. The highest BCUT2D eigenvalue weighted by molar-refractivity contribution is 7.16. The molecule has 0 unspecified atom stereocenters. The Morgan fingerprint density at radius 2 is 2.23 bits per heavy atom. The lowest BCUT2D eigenvalue weighted by Crippen LogP contribution is -2.17. The zero-order chi connectivity index (χ0) is 15.7. The zero-order valence-corrected chi connectivity index (χ0v) is 13.2. The van der Waals surface area contributed by atoms with E-state index in [0.717, 1.165) is 11.4 Å². The van der Waals surface area contributed by atoms with Crippen LogP contribution in [0, 0.1) is 5.82 Å². The SMILES string of the molecule is CCc1nn2c(=O)cc(CNc3ccc(Cl)cc3F)nc2s1. The summed E-state index contributed by atoms with van der Waals surface area (Å²) in [6.07, 6.45) is 0.747. The predicted molar refractivity (Wildman–Crippen MR) is 85.2 cm³/mol. The van der Waals surface area contributed by atoms with Crippen LogP contribution in [0.2, 0.25) is 5.02 Å². The van der Waals surface area contributed by atoms with E-state index < -0.39 is 5.82 Å². The van der Waals surface area contributed by atoms with Gasteiger partial charge < -0.3 is 5.32 Å². The summed E-state index contributed by atoms with van der Waals surface area (Å²) in [6.45, 7) is 2.21. The highest BCUT2D eigenvalue weighted by Crippen LogP contribution is 2.19. The molecule has 0 amide bonds. The van der Waals surface area contributed by atoms with Crippen molar-refractivity contribution in [2.45, 2.75) is 19.9 Å². The van der Waals surface area contributed by atoms with Crippen LogP contribution in [0.15, 0.2) is 29.1 Å². The molecule has 0 spiro atoms. The molecule has 1 N–H and O–H groups in total. The Morgan fingerprint density at radius 1 is 1.41 bits per heavy atom. The maximum Gasteiger partial charge on any atom is 0.275 e. The van der Waals surface area contributed by atoms with Crippen molar-refractivity contribution in [2.24, 2.45) is 0 Å². The van der Waals surface area contributed by atoms with Gasteiger partial charge in [0.05, 0.1) is 17.9 Å². The minimum absolute atomic E-state index is 0.240. The van der Waals surface area contributed by atoms with E-state index in [1.54, 1.807) is 12.1 Å². The lowest BCUT2D eigenvalue weighted by atomic mass is 10.3. The number of halogens is 2. The predicted octanol–water partition coefficient (Wildman–Crippen LogP) is 3.12. The zero-order valence-electron chi connectivity index (χ0n) is 11.6. The largest absolute Gasteiger partial charge is 0.377 e. The molecular formula is C14H12ClFN4OS. The summed E-state index contributed by atoms with van der Waals surface area (Å²) >= 11 is 7.08. The first kappa shape index (κ1) is 14.9. The summed E-state index contributed by atoms with van der Waals surface area (Å²) in [4.78, 5) is 16.9. The Balaban J connectivity index is 1.86. The van der Waals surface area contributed by atoms with Gasteiger partial charge in [-0.25, -0.2) is 9.37 Å². The topological polar surface area (TPSA) is 59.3 Å². The van der Waals surface area contributed by atoms with E-state index in [2.05, 4.69) is 15.4 Å². The number of aryl methyl sites for hydroxylation is 1. The molecule has 22 heavy (non-hydrogen) atoms. The molecule has 0 saturated heterocycles. The molecule has 3 aromatic rings. The number of hydrogen-bond donors (Lipinski definition) is 1. The van der Waals surface area contributed by atoms with Crippen LogP contribution in [0.1, 0.15) is 17.6 Å². The summed E-state index contributed by atoms with van der Waals surface area (Å²) < 4.78 is 15.0. The smallest absolute Gasteiger partial charge is 0.275 e. The van der Waals surface area contributed by atoms with Crippen LogP contribution in [0.4, 0.5) is 10.1 Å². The molecule has 3 rings (SSSR count). The van der Waals surface area contributed by atoms with Gasteiger partial charge in [-0.3, -0.25) is 4.79 Å². The van der Waals surface area contributed by atoms with E-state index in [9.17, 15) is 9.18 Å². The van der Waals surface area contributed by atoms with E-state index >= 15 is 0 Å². The van der Waals surface area contributed by atoms with Gasteiger partial charge >= 0.3 is 0 Å². The lowest BCUT2D eigenvalue weighted by Gasteiger charge is -2.07. The molecule has 0 aliphatic carbocycles. The second kappa shape index (κ2) is 6.02. The van der Waals surface area contributed by atoms with Crippen LogP contribution in [0.25, 0.3) is 4.96 Å². The number of anilines is 1. The van der Waals surface area contributed by atoms with Crippen molar-refractivity contribution in [1.82, 2.24) is 14.6 Å². The first-order valence-electron chi connectivity index (χ1n) is 6.64. The fourth-order valence-electron chi connectivity index (χ4n) is 1.95. The molecule has 8 heteroatoms. The van der Waals surface area contributed by atoms with Crippen LogP contribution in [0.3, 0.4) is 0 Å². The van der Waals surface area contributed by atoms with E-state index in [0.29, 0.717) is 21.4 Å². The number of fused-ring (bicyclic) bond motifs is 1. The van der Waals surface area contributed by atoms with E-state index in [4.69, 9.17) is 11.6 Å². The maximum absolute atomic E-state index is 13.7. The number of nitrogens with zero attached hydrogens (tertiary/aromatic N) is 3. The summed E-state index contributed by atoms with van der Waals surface area (Å²) in [5, 5.41) is 8.27. The molecule has 114 valence electrons. The van der Waals surface area contributed by atoms with Crippen molar-refractivity contribution in [1.29, 1.82) is 0 Å². The number of benzene rings is 1. The van der Waals surface area contributed by atoms with Gasteiger partial charge in [0.25, 0.3) is 5.56 Å². The van der Waals surface area contributed by atoms with Crippen LogP contribution in [0.5, 0.6) is 0 Å². The maximum atomic E-state index is 13.7. The van der Waals surface area contributed by atoms with Crippen LogP contribution >= 0.6 is 22.9 Å². The van der Waals surface area contributed by atoms with Gasteiger partial charge in [-0.1, -0.05) is 29.9 Å². The number of hydrogen-bond acceptors (Lipinski definition) is 5. The Morgan fingerprint density at radius 3 is 2.95 bits per heavy atom. The third-order valence-electron chi connectivity index (χ3n) is 3.03. The van der Waals surface area contributed by atoms with Crippen molar-refractivity contribution in [2.75, 3.05) is 5.32 Å². The lowest BCUT2D eigenvalue weighted by molar-refractivity contribution is 0.630. The fourth-order valence-corrected chi connectivity index (χ4v) is 2.96. The molecule has 0 saturated carbocycles. The third-order valence-corrected chi connectivity index (χ3v) is 4.32. The average molecular weight is 339 g/mol. The van der Waals surface area contributed by atoms with Crippen molar-refractivity contribution in [3.05, 3.63) is 56.2 Å². The standard InChI is InChI=1S/C14H12ClFN4OS/c1-2-12-19-20-13(21)6-9(18-14(20)22-12)7-17-11-4-3-8(15)5-10(11)16/h3-6,17H,2,7H2,1H3. The van der Waals surface area contributed by atoms with Gasteiger partial charge in [0.1, 0.15) is 10.8 Å². The molecule has 0 aliphatic rings. The summed E-state index contributed by atoms with van der Waals surface area (Å²) in [5.41, 5.74) is 0.602. The second-order valence-corrected chi connectivity index (χ2v) is 6.08. The van der Waals surface area contributed by atoms with Gasteiger partial charge in [-0.05, 0) is 24.6 Å². The number of nitrogens with one attached hydrogen (secondary N) is 1. The monoisotopic (exact) mass is 338 g/mol. The molecular weight excluding hydrogens is 327 g/mol. The highest BCUT2D eigenvalue weighted by Gasteiger charge is 2.09. The third kappa shape index (κ3) is 2.95. The summed E-state index contributed by atoms with van der Waals surface area (Å²) in [6, 6.07) is 5.76. The van der Waals surface area contributed by atoms with Gasteiger partial charge in [0.2, 0.25) is 4.96 Å². The highest BCUT2D eigenvalue weighted by atomic mass is 35.5. The van der Waals surface area contributed by atoms with Gasteiger partial charge in [-0.15, -0.1) is 0 Å². The molecule has 0 radical (unpaired) electrons. The van der Waals surface area contributed by atoms with Crippen LogP contribution in [-0.2, 0) is 13.0 Å². The molecule has 0 aliphatic heterocycles. The molecule has 0 bridgehead atoms. The van der Waals surface area contributed by atoms with Crippen molar-refractivity contribution in [3.63, 3.8) is 0 Å². The van der Waals surface area contributed by atoms with E-state index in [1.807, 2.05) is 6.92 Å². The number of rotatable bonds is 4. The molecule has 2 heterocycles. The van der Waals surface area contributed by atoms with Crippen molar-refractivity contribution >= 4 is 33.6 Å². The Bertz CT molecular complexity index is 892. The molecule has 0 atom stereocenters. The van der Waals surface area contributed by atoms with Gasteiger partial charge in [0.15, 0.2) is 0 Å². The Labute approximate surface area is 134 Å². The Hall–Kier alpha value is -1.99.